The predicted molar refractivity (Wildman–Crippen MR) is 77.2 cm³/mol. The number of hydrogen-bond donors (Lipinski definition) is 2. The molecule has 0 aliphatic heterocycles. The van der Waals surface area contributed by atoms with Gasteiger partial charge in [-0.15, -0.1) is 0 Å². The van der Waals surface area contributed by atoms with E-state index in [9.17, 15) is 14.3 Å². The van der Waals surface area contributed by atoms with E-state index < -0.39 is 11.7 Å². The van der Waals surface area contributed by atoms with Crippen molar-refractivity contribution in [2.24, 2.45) is 0 Å². The Morgan fingerprint density at radius 3 is 2.70 bits per heavy atom. The Morgan fingerprint density at radius 1 is 1.30 bits per heavy atom. The van der Waals surface area contributed by atoms with Crippen LogP contribution in [0, 0.1) is 12.7 Å². The minimum atomic E-state index is -0.695. The first-order valence-electron chi connectivity index (χ1n) is 5.64. The van der Waals surface area contributed by atoms with Gasteiger partial charge in [-0.3, -0.25) is 4.79 Å². The van der Waals surface area contributed by atoms with Gasteiger partial charge in [0.05, 0.1) is 16.3 Å². The molecular formula is C14H10Cl2FNO2. The lowest BCUT2D eigenvalue weighted by molar-refractivity contribution is 0.102. The highest BCUT2D eigenvalue weighted by molar-refractivity contribution is 6.36. The molecule has 20 heavy (non-hydrogen) atoms. The number of phenolic OH excluding ortho intramolecular Hbond substituents is 1. The number of phenols is 1. The Labute approximate surface area is 124 Å². The number of halogens is 3. The zero-order valence-corrected chi connectivity index (χ0v) is 11.9. The highest BCUT2D eigenvalue weighted by Gasteiger charge is 2.16. The Kier molecular flexibility index (Phi) is 4.16. The number of hydrogen-bond acceptors (Lipinski definition) is 2. The van der Waals surface area contributed by atoms with Crippen molar-refractivity contribution in [1.82, 2.24) is 0 Å². The lowest BCUT2D eigenvalue weighted by Gasteiger charge is -2.10. The fourth-order valence-electron chi connectivity index (χ4n) is 1.67. The Morgan fingerprint density at radius 2 is 2.00 bits per heavy atom. The molecule has 2 N–H and O–H groups in total. The SMILES string of the molecule is Cc1cccc(C(=O)Nc2cc(Cl)cc(Cl)c2O)c1F. The number of aryl methyl sites for hydroxylation is 1. The van der Waals surface area contributed by atoms with Crippen LogP contribution in [0.25, 0.3) is 0 Å². The molecule has 3 nitrogen and oxygen atoms in total. The number of carbonyl (C=O) groups is 1. The molecule has 2 aromatic rings. The van der Waals surface area contributed by atoms with E-state index in [4.69, 9.17) is 23.2 Å². The molecule has 2 rings (SSSR count). The summed E-state index contributed by atoms with van der Waals surface area (Å²) in [6, 6.07) is 7.13. The van der Waals surface area contributed by atoms with Gasteiger partial charge < -0.3 is 10.4 Å². The van der Waals surface area contributed by atoms with E-state index in [2.05, 4.69) is 5.32 Å². The molecule has 0 saturated heterocycles. The third-order valence-electron chi connectivity index (χ3n) is 2.71. The van der Waals surface area contributed by atoms with Gasteiger partial charge in [0.15, 0.2) is 5.75 Å². The smallest absolute Gasteiger partial charge is 0.258 e. The summed E-state index contributed by atoms with van der Waals surface area (Å²) in [5.74, 6) is -1.63. The molecule has 0 aromatic heterocycles. The average Bonchev–Trinajstić information content (AvgIpc) is 2.38. The standard InChI is InChI=1S/C14H10Cl2FNO2/c1-7-3-2-4-9(12(7)17)14(20)18-11-6-8(15)5-10(16)13(11)19/h2-6,19H,1H3,(H,18,20). The maximum atomic E-state index is 13.8. The van der Waals surface area contributed by atoms with Crippen LogP contribution in [0.15, 0.2) is 30.3 Å². The molecule has 0 radical (unpaired) electrons. The summed E-state index contributed by atoms with van der Waals surface area (Å²) in [5.41, 5.74) is 0.250. The summed E-state index contributed by atoms with van der Waals surface area (Å²) < 4.78 is 13.8. The first-order valence-corrected chi connectivity index (χ1v) is 6.40. The number of nitrogens with one attached hydrogen (secondary N) is 1. The van der Waals surface area contributed by atoms with Crippen LogP contribution in [-0.4, -0.2) is 11.0 Å². The molecule has 1 amide bonds. The van der Waals surface area contributed by atoms with Crippen molar-refractivity contribution >= 4 is 34.8 Å². The minimum Gasteiger partial charge on any atom is -0.504 e. The Hall–Kier alpha value is -1.78. The maximum absolute atomic E-state index is 13.8. The van der Waals surface area contributed by atoms with Crippen molar-refractivity contribution in [2.45, 2.75) is 6.92 Å². The van der Waals surface area contributed by atoms with E-state index >= 15 is 0 Å². The summed E-state index contributed by atoms with van der Waals surface area (Å²) >= 11 is 11.5. The molecule has 0 heterocycles. The van der Waals surface area contributed by atoms with Crippen LogP contribution < -0.4 is 5.32 Å². The zero-order chi connectivity index (χ0) is 14.9. The largest absolute Gasteiger partial charge is 0.504 e. The van der Waals surface area contributed by atoms with Crippen molar-refractivity contribution in [2.75, 3.05) is 5.32 Å². The first kappa shape index (κ1) is 14.6. The predicted octanol–water partition coefficient (Wildman–Crippen LogP) is 4.40. The van der Waals surface area contributed by atoms with Gasteiger partial charge in [-0.1, -0.05) is 35.3 Å². The fourth-order valence-corrected chi connectivity index (χ4v) is 2.17. The van der Waals surface area contributed by atoms with Crippen LogP contribution in [-0.2, 0) is 0 Å². The first-order chi connectivity index (χ1) is 9.40. The van der Waals surface area contributed by atoms with Crippen molar-refractivity contribution in [3.8, 4) is 5.75 Å². The van der Waals surface area contributed by atoms with Crippen LogP contribution >= 0.6 is 23.2 Å². The minimum absolute atomic E-state index is 0.00230. The molecule has 2 aromatic carbocycles. The van der Waals surface area contributed by atoms with Gasteiger partial charge in [0, 0.05) is 5.02 Å². The van der Waals surface area contributed by atoms with Gasteiger partial charge in [-0.25, -0.2) is 4.39 Å². The summed E-state index contributed by atoms with van der Waals surface area (Å²) in [6.45, 7) is 1.56. The molecule has 0 unspecified atom stereocenters. The molecule has 0 aliphatic carbocycles. The van der Waals surface area contributed by atoms with Gasteiger partial charge in [-0.05, 0) is 30.7 Å². The molecule has 0 bridgehead atoms. The maximum Gasteiger partial charge on any atom is 0.258 e. The second-order valence-corrected chi connectivity index (χ2v) is 5.02. The van der Waals surface area contributed by atoms with Crippen molar-refractivity contribution in [1.29, 1.82) is 0 Å². The average molecular weight is 314 g/mol. The number of amides is 1. The van der Waals surface area contributed by atoms with E-state index in [0.717, 1.165) is 0 Å². The molecule has 0 fully saturated rings. The van der Waals surface area contributed by atoms with Gasteiger partial charge in [0.2, 0.25) is 0 Å². The number of carbonyl (C=O) groups excluding carboxylic acids is 1. The van der Waals surface area contributed by atoms with Crippen molar-refractivity contribution < 1.29 is 14.3 Å². The highest BCUT2D eigenvalue weighted by Crippen LogP contribution is 2.35. The topological polar surface area (TPSA) is 49.3 Å². The number of aromatic hydroxyl groups is 1. The van der Waals surface area contributed by atoms with Crippen LogP contribution in [0.1, 0.15) is 15.9 Å². The van der Waals surface area contributed by atoms with Gasteiger partial charge >= 0.3 is 0 Å². The second-order valence-electron chi connectivity index (χ2n) is 4.17. The number of rotatable bonds is 2. The summed E-state index contributed by atoms with van der Waals surface area (Å²) in [4.78, 5) is 12.0. The molecule has 0 atom stereocenters. The second kappa shape index (κ2) is 5.69. The van der Waals surface area contributed by atoms with Crippen molar-refractivity contribution in [3.63, 3.8) is 0 Å². The summed E-state index contributed by atoms with van der Waals surface area (Å²) in [7, 11) is 0. The van der Waals surface area contributed by atoms with Crippen LogP contribution in [0.5, 0.6) is 5.75 Å². The molecule has 0 saturated carbocycles. The van der Waals surface area contributed by atoms with E-state index in [1.54, 1.807) is 19.1 Å². The molecule has 104 valence electrons. The quantitative estimate of drug-likeness (QED) is 0.807. The van der Waals surface area contributed by atoms with E-state index in [1.165, 1.54) is 18.2 Å². The van der Waals surface area contributed by atoms with E-state index in [1.807, 2.05) is 0 Å². The van der Waals surface area contributed by atoms with Gasteiger partial charge in [0.25, 0.3) is 5.91 Å². The lowest BCUT2D eigenvalue weighted by Crippen LogP contribution is -2.14. The Balaban J connectivity index is 2.35. The van der Waals surface area contributed by atoms with Crippen LogP contribution in [0.2, 0.25) is 10.0 Å². The number of benzene rings is 2. The zero-order valence-electron chi connectivity index (χ0n) is 10.4. The van der Waals surface area contributed by atoms with Crippen LogP contribution in [0.3, 0.4) is 0 Å². The summed E-state index contributed by atoms with van der Waals surface area (Å²) in [5, 5.41) is 12.4. The molecule has 0 spiro atoms. The summed E-state index contributed by atoms with van der Waals surface area (Å²) in [6.07, 6.45) is 0. The van der Waals surface area contributed by atoms with E-state index in [0.29, 0.717) is 5.56 Å². The highest BCUT2D eigenvalue weighted by atomic mass is 35.5. The van der Waals surface area contributed by atoms with Crippen molar-refractivity contribution in [3.05, 3.63) is 57.3 Å². The fraction of sp³-hybridized carbons (Fsp3) is 0.0714. The molecular weight excluding hydrogens is 304 g/mol. The normalized spacial score (nSPS) is 10.4. The third kappa shape index (κ3) is 2.86. The van der Waals surface area contributed by atoms with Gasteiger partial charge in [-0.2, -0.15) is 0 Å². The van der Waals surface area contributed by atoms with Gasteiger partial charge in [0.1, 0.15) is 5.82 Å². The Bertz CT molecular complexity index is 689. The monoisotopic (exact) mass is 313 g/mol. The number of anilines is 1. The van der Waals surface area contributed by atoms with Crippen LogP contribution in [0.4, 0.5) is 10.1 Å². The van der Waals surface area contributed by atoms with E-state index in [-0.39, 0.29) is 27.0 Å². The molecule has 6 heteroatoms. The third-order valence-corrected chi connectivity index (χ3v) is 3.22. The molecule has 0 aliphatic rings. The lowest BCUT2D eigenvalue weighted by atomic mass is 10.1.